The molecule has 0 saturated carbocycles. The predicted molar refractivity (Wildman–Crippen MR) is 84.8 cm³/mol. The van der Waals surface area contributed by atoms with Crippen molar-refractivity contribution in [3.8, 4) is 0 Å². The number of rotatable bonds is 7. The van der Waals surface area contributed by atoms with Crippen molar-refractivity contribution in [2.75, 3.05) is 24.5 Å². The number of hydrogen-bond donors (Lipinski definition) is 1. The van der Waals surface area contributed by atoms with E-state index >= 15 is 0 Å². The van der Waals surface area contributed by atoms with Crippen molar-refractivity contribution in [3.05, 3.63) is 41.5 Å². The number of amides is 1. The zero-order valence-electron chi connectivity index (χ0n) is 12.7. The minimum Gasteiger partial charge on any atom is -0.313 e. The van der Waals surface area contributed by atoms with Gasteiger partial charge in [0.15, 0.2) is 0 Å². The van der Waals surface area contributed by atoms with Gasteiger partial charge in [-0.2, -0.15) is 0 Å². The van der Waals surface area contributed by atoms with Crippen molar-refractivity contribution in [1.29, 1.82) is 0 Å². The third-order valence-electron chi connectivity index (χ3n) is 3.63. The quantitative estimate of drug-likeness (QED) is 0.475. The molecule has 1 aliphatic rings. The first-order valence-electron chi connectivity index (χ1n) is 7.45. The number of hydrogen-bond acceptors (Lipinski definition) is 3. The van der Waals surface area contributed by atoms with Crippen LogP contribution in [-0.4, -0.2) is 31.3 Å². The summed E-state index contributed by atoms with van der Waals surface area (Å²) in [5.74, 6) is -0.857. The van der Waals surface area contributed by atoms with Gasteiger partial charge in [0.2, 0.25) is 0 Å². The highest BCUT2D eigenvalue weighted by molar-refractivity contribution is 6.52. The summed E-state index contributed by atoms with van der Waals surface area (Å²) < 4.78 is 0. The highest BCUT2D eigenvalue weighted by atomic mass is 16.2. The second-order valence-corrected chi connectivity index (χ2v) is 5.35. The summed E-state index contributed by atoms with van der Waals surface area (Å²) in [6.07, 6.45) is 1.90. The molecule has 0 aliphatic carbocycles. The number of benzene rings is 1. The Morgan fingerprint density at radius 2 is 2.05 bits per heavy atom. The first-order valence-corrected chi connectivity index (χ1v) is 7.45. The molecule has 0 unspecified atom stereocenters. The van der Waals surface area contributed by atoms with Gasteiger partial charge in [-0.25, -0.2) is 0 Å². The van der Waals surface area contributed by atoms with Crippen LogP contribution in [0, 0.1) is 0 Å². The van der Waals surface area contributed by atoms with E-state index < -0.39 is 11.7 Å². The van der Waals surface area contributed by atoms with Crippen LogP contribution >= 0.6 is 0 Å². The topological polar surface area (TPSA) is 49.4 Å². The largest absolute Gasteiger partial charge is 0.313 e. The molecule has 1 N–H and O–H groups in total. The minimum absolute atomic E-state index is 0.389. The van der Waals surface area contributed by atoms with E-state index in [1.165, 1.54) is 4.90 Å². The standard InChI is InChI=1S/C17H22N2O2/c1-4-8-18-10-12(3)11-19-15-7-6-13(5-2)9-14(15)16(20)17(19)21/h6-7,9,18H,3-5,8,10-11H2,1-2H3. The molecule has 0 bridgehead atoms. The van der Waals surface area contributed by atoms with Crippen LogP contribution in [-0.2, 0) is 11.2 Å². The van der Waals surface area contributed by atoms with Crippen LogP contribution in [0.25, 0.3) is 0 Å². The number of Topliss-reactive ketones (excluding diaryl/α,β-unsaturated/α-hetero) is 1. The number of carbonyl (C=O) groups excluding carboxylic acids is 2. The summed E-state index contributed by atoms with van der Waals surface area (Å²) in [4.78, 5) is 25.8. The van der Waals surface area contributed by atoms with Gasteiger partial charge in [-0.05, 0) is 42.7 Å². The minimum atomic E-state index is -0.449. The van der Waals surface area contributed by atoms with Crippen LogP contribution in [0.1, 0.15) is 36.2 Å². The van der Waals surface area contributed by atoms with E-state index in [2.05, 4.69) is 18.8 Å². The molecule has 0 spiro atoms. The average molecular weight is 286 g/mol. The maximum absolute atomic E-state index is 12.1. The Labute approximate surface area is 125 Å². The van der Waals surface area contributed by atoms with Gasteiger partial charge in [-0.3, -0.25) is 9.59 Å². The van der Waals surface area contributed by atoms with Crippen LogP contribution < -0.4 is 10.2 Å². The Hall–Kier alpha value is -1.94. The van der Waals surface area contributed by atoms with Crippen LogP contribution in [0.2, 0.25) is 0 Å². The Kier molecular flexibility index (Phi) is 4.91. The number of carbonyl (C=O) groups is 2. The fourth-order valence-corrected chi connectivity index (χ4v) is 2.45. The summed E-state index contributed by atoms with van der Waals surface area (Å²) in [6.45, 7) is 10.1. The summed E-state index contributed by atoms with van der Waals surface area (Å²) in [6, 6.07) is 5.66. The van der Waals surface area contributed by atoms with Crippen molar-refractivity contribution < 1.29 is 9.59 Å². The van der Waals surface area contributed by atoms with Gasteiger partial charge in [-0.1, -0.05) is 26.5 Å². The zero-order valence-corrected chi connectivity index (χ0v) is 12.7. The molecule has 2 rings (SSSR count). The lowest BCUT2D eigenvalue weighted by Crippen LogP contribution is -2.33. The van der Waals surface area contributed by atoms with E-state index in [1.54, 1.807) is 0 Å². The van der Waals surface area contributed by atoms with E-state index in [9.17, 15) is 9.59 Å². The molecule has 1 aromatic rings. The van der Waals surface area contributed by atoms with E-state index in [4.69, 9.17) is 0 Å². The van der Waals surface area contributed by atoms with Crippen LogP contribution in [0.5, 0.6) is 0 Å². The Morgan fingerprint density at radius 3 is 2.71 bits per heavy atom. The Balaban J connectivity index is 2.14. The van der Waals surface area contributed by atoms with E-state index in [-0.39, 0.29) is 0 Å². The van der Waals surface area contributed by atoms with Crippen molar-refractivity contribution in [3.63, 3.8) is 0 Å². The first-order chi connectivity index (χ1) is 10.1. The summed E-state index contributed by atoms with van der Waals surface area (Å²) in [7, 11) is 0. The van der Waals surface area contributed by atoms with Gasteiger partial charge in [-0.15, -0.1) is 0 Å². The highest BCUT2D eigenvalue weighted by Crippen LogP contribution is 2.30. The predicted octanol–water partition coefficient (Wildman–Crippen LogP) is 2.33. The Bertz CT molecular complexity index is 578. The van der Waals surface area contributed by atoms with Crippen molar-refractivity contribution in [1.82, 2.24) is 5.32 Å². The number of fused-ring (bicyclic) bond motifs is 1. The van der Waals surface area contributed by atoms with Crippen molar-refractivity contribution in [2.24, 2.45) is 0 Å². The monoisotopic (exact) mass is 286 g/mol. The summed E-state index contributed by atoms with van der Waals surface area (Å²) in [5, 5.41) is 3.25. The van der Waals surface area contributed by atoms with Gasteiger partial charge >= 0.3 is 0 Å². The molecule has 0 radical (unpaired) electrons. The van der Waals surface area contributed by atoms with Gasteiger partial charge in [0.05, 0.1) is 11.3 Å². The second-order valence-electron chi connectivity index (χ2n) is 5.35. The maximum Gasteiger partial charge on any atom is 0.299 e. The third kappa shape index (κ3) is 3.22. The second kappa shape index (κ2) is 6.68. The van der Waals surface area contributed by atoms with Gasteiger partial charge in [0.25, 0.3) is 11.7 Å². The molecule has 0 aromatic heterocycles. The third-order valence-corrected chi connectivity index (χ3v) is 3.63. The fraction of sp³-hybridized carbons (Fsp3) is 0.412. The van der Waals surface area contributed by atoms with E-state index in [0.717, 1.165) is 30.5 Å². The summed E-state index contributed by atoms with van der Waals surface area (Å²) >= 11 is 0. The molecule has 0 fully saturated rings. The number of nitrogens with one attached hydrogen (secondary N) is 1. The summed E-state index contributed by atoms with van der Waals surface area (Å²) in [5.41, 5.74) is 3.20. The van der Waals surface area contributed by atoms with Gasteiger partial charge in [0.1, 0.15) is 0 Å². The van der Waals surface area contributed by atoms with Crippen LogP contribution in [0.4, 0.5) is 5.69 Å². The van der Waals surface area contributed by atoms with Crippen molar-refractivity contribution in [2.45, 2.75) is 26.7 Å². The molecular weight excluding hydrogens is 264 g/mol. The molecule has 0 atom stereocenters. The lowest BCUT2D eigenvalue weighted by molar-refractivity contribution is -0.114. The molecule has 1 aliphatic heterocycles. The normalized spacial score (nSPS) is 13.7. The van der Waals surface area contributed by atoms with Crippen molar-refractivity contribution >= 4 is 17.4 Å². The van der Waals surface area contributed by atoms with Crippen LogP contribution in [0.3, 0.4) is 0 Å². The molecule has 1 amide bonds. The molecule has 4 heteroatoms. The molecule has 0 saturated heterocycles. The number of ketones is 1. The number of anilines is 1. The molecule has 4 nitrogen and oxygen atoms in total. The zero-order chi connectivity index (χ0) is 15.4. The number of nitrogens with zero attached hydrogens (tertiary/aromatic N) is 1. The van der Waals surface area contributed by atoms with Gasteiger partial charge in [0, 0.05) is 13.1 Å². The highest BCUT2D eigenvalue weighted by Gasteiger charge is 2.35. The lowest BCUT2D eigenvalue weighted by atomic mass is 10.1. The maximum atomic E-state index is 12.1. The smallest absolute Gasteiger partial charge is 0.299 e. The average Bonchev–Trinajstić information content (AvgIpc) is 2.72. The molecule has 1 heterocycles. The first kappa shape index (κ1) is 15.4. The van der Waals surface area contributed by atoms with Crippen LogP contribution in [0.15, 0.2) is 30.4 Å². The molecule has 112 valence electrons. The Morgan fingerprint density at radius 1 is 1.29 bits per heavy atom. The fourth-order valence-electron chi connectivity index (χ4n) is 2.45. The molecule has 21 heavy (non-hydrogen) atoms. The lowest BCUT2D eigenvalue weighted by Gasteiger charge is -2.18. The molecule has 1 aromatic carbocycles. The number of aryl methyl sites for hydroxylation is 1. The van der Waals surface area contributed by atoms with E-state index in [1.807, 2.05) is 25.1 Å². The SMILES string of the molecule is C=C(CNCCC)CN1C(=O)C(=O)c2cc(CC)ccc21. The van der Waals surface area contributed by atoms with E-state index in [0.29, 0.717) is 24.3 Å². The van der Waals surface area contributed by atoms with Gasteiger partial charge < -0.3 is 10.2 Å². The molecular formula is C17H22N2O2.